The maximum absolute atomic E-state index is 12.1. The van der Waals surface area contributed by atoms with Gasteiger partial charge < -0.3 is 9.72 Å². The highest BCUT2D eigenvalue weighted by Crippen LogP contribution is 2.23. The Morgan fingerprint density at radius 1 is 1.15 bits per heavy atom. The van der Waals surface area contributed by atoms with E-state index < -0.39 is 0 Å². The molecule has 5 heteroatoms. The van der Waals surface area contributed by atoms with Crippen molar-refractivity contribution in [2.45, 2.75) is 40.0 Å². The number of ether oxygens (including phenoxy) is 1. The van der Waals surface area contributed by atoms with Gasteiger partial charge in [-0.3, -0.25) is 9.59 Å². The van der Waals surface area contributed by atoms with Crippen LogP contribution >= 0.6 is 0 Å². The Kier molecular flexibility index (Phi) is 5.16. The third-order valence-corrected chi connectivity index (χ3v) is 4.44. The molecule has 3 aromatic rings. The molecule has 0 amide bonds. The van der Waals surface area contributed by atoms with Crippen LogP contribution in [-0.4, -0.2) is 15.9 Å². The topological polar surface area (TPSA) is 72.0 Å². The van der Waals surface area contributed by atoms with E-state index in [1.165, 1.54) is 0 Å². The summed E-state index contributed by atoms with van der Waals surface area (Å²) in [7, 11) is 0. The van der Waals surface area contributed by atoms with Gasteiger partial charge in [-0.25, -0.2) is 4.98 Å². The van der Waals surface area contributed by atoms with Gasteiger partial charge in [0.15, 0.2) is 0 Å². The van der Waals surface area contributed by atoms with Crippen molar-refractivity contribution in [3.05, 3.63) is 69.3 Å². The number of aromatic amines is 1. The van der Waals surface area contributed by atoms with E-state index in [4.69, 9.17) is 4.74 Å². The number of fused-ring (bicyclic) bond motifs is 1. The highest BCUT2D eigenvalue weighted by atomic mass is 16.5. The Hall–Kier alpha value is -2.95. The van der Waals surface area contributed by atoms with Gasteiger partial charge in [-0.1, -0.05) is 18.2 Å². The summed E-state index contributed by atoms with van der Waals surface area (Å²) in [6.07, 6.45) is 1.34. The quantitative estimate of drug-likeness (QED) is 0.561. The van der Waals surface area contributed by atoms with Crippen LogP contribution in [0.4, 0.5) is 0 Å². The third kappa shape index (κ3) is 3.99. The maximum Gasteiger partial charge on any atom is 0.311 e. The average molecular weight is 350 g/mol. The first-order valence-corrected chi connectivity index (χ1v) is 8.70. The second-order valence-corrected chi connectivity index (χ2v) is 6.56. The molecular formula is C21H22N2O3. The van der Waals surface area contributed by atoms with Gasteiger partial charge in [0, 0.05) is 12.8 Å². The molecule has 0 radical (unpaired) electrons. The Morgan fingerprint density at radius 2 is 1.92 bits per heavy atom. The van der Waals surface area contributed by atoms with Crippen molar-refractivity contribution in [1.82, 2.24) is 9.97 Å². The van der Waals surface area contributed by atoms with E-state index >= 15 is 0 Å². The fourth-order valence-corrected chi connectivity index (χ4v) is 2.93. The highest BCUT2D eigenvalue weighted by molar-refractivity contribution is 5.77. The minimum Gasteiger partial charge on any atom is -0.426 e. The Labute approximate surface area is 152 Å². The summed E-state index contributed by atoms with van der Waals surface area (Å²) >= 11 is 0. The minimum atomic E-state index is -0.277. The lowest BCUT2D eigenvalue weighted by Gasteiger charge is -2.11. The molecule has 0 unspecified atom stereocenters. The molecule has 1 N–H and O–H groups in total. The lowest BCUT2D eigenvalue weighted by molar-refractivity contribution is -0.134. The number of aryl methyl sites for hydroxylation is 3. The van der Waals surface area contributed by atoms with Gasteiger partial charge in [0.2, 0.25) is 0 Å². The van der Waals surface area contributed by atoms with Crippen LogP contribution in [0.15, 0.2) is 41.2 Å². The molecule has 0 fully saturated rings. The number of para-hydroxylation sites is 1. The summed E-state index contributed by atoms with van der Waals surface area (Å²) in [4.78, 5) is 31.4. The van der Waals surface area contributed by atoms with Crippen LogP contribution in [0.5, 0.6) is 5.75 Å². The molecule has 1 heterocycles. The van der Waals surface area contributed by atoms with Crippen LogP contribution in [0.25, 0.3) is 10.9 Å². The van der Waals surface area contributed by atoms with Crippen LogP contribution in [0.1, 0.15) is 35.4 Å². The second-order valence-electron chi connectivity index (χ2n) is 6.56. The molecule has 0 saturated heterocycles. The van der Waals surface area contributed by atoms with Crippen molar-refractivity contribution >= 4 is 16.9 Å². The van der Waals surface area contributed by atoms with Gasteiger partial charge in [0.25, 0.3) is 5.56 Å². The van der Waals surface area contributed by atoms with Crippen molar-refractivity contribution in [3.63, 3.8) is 0 Å². The van der Waals surface area contributed by atoms with Gasteiger partial charge in [-0.15, -0.1) is 0 Å². The number of nitrogens with zero attached hydrogens (tertiary/aromatic N) is 1. The molecule has 0 atom stereocenters. The standard InChI is InChI=1S/C21H22N2O3/c1-13-11-14(2)15(3)18(12-13)26-20(24)10-6-9-19-22-17-8-5-4-7-16(17)21(25)23-19/h4-5,7-8,11-12H,6,9-10H2,1-3H3,(H,22,23,25). The van der Waals surface area contributed by atoms with Crippen LogP contribution in [0.2, 0.25) is 0 Å². The third-order valence-electron chi connectivity index (χ3n) is 4.44. The van der Waals surface area contributed by atoms with Crippen LogP contribution in [0.3, 0.4) is 0 Å². The number of benzene rings is 2. The number of carbonyl (C=O) groups excluding carboxylic acids is 1. The zero-order valence-electron chi connectivity index (χ0n) is 15.3. The number of aromatic nitrogens is 2. The number of esters is 1. The normalized spacial score (nSPS) is 10.9. The average Bonchev–Trinajstić information content (AvgIpc) is 2.59. The molecule has 0 saturated carbocycles. The van der Waals surface area contributed by atoms with Crippen LogP contribution < -0.4 is 10.3 Å². The van der Waals surface area contributed by atoms with Crippen molar-refractivity contribution in [1.29, 1.82) is 0 Å². The van der Waals surface area contributed by atoms with E-state index in [0.717, 1.165) is 16.7 Å². The van der Waals surface area contributed by atoms with E-state index in [1.54, 1.807) is 6.07 Å². The first-order valence-electron chi connectivity index (χ1n) is 8.70. The predicted octanol–water partition coefficient (Wildman–Crippen LogP) is 3.78. The van der Waals surface area contributed by atoms with Gasteiger partial charge >= 0.3 is 5.97 Å². The summed E-state index contributed by atoms with van der Waals surface area (Å²) in [5, 5.41) is 0.570. The molecule has 0 aliphatic heterocycles. The number of hydrogen-bond donors (Lipinski definition) is 1. The first-order chi connectivity index (χ1) is 12.4. The molecule has 134 valence electrons. The monoisotopic (exact) mass is 350 g/mol. The molecule has 0 spiro atoms. The molecule has 0 aliphatic rings. The number of nitrogens with one attached hydrogen (secondary N) is 1. The summed E-state index contributed by atoms with van der Waals surface area (Å²) in [5.74, 6) is 0.926. The first kappa shape index (κ1) is 17.9. The fraction of sp³-hybridized carbons (Fsp3) is 0.286. The molecule has 0 aliphatic carbocycles. The van der Waals surface area contributed by atoms with E-state index in [2.05, 4.69) is 16.0 Å². The molecule has 5 nitrogen and oxygen atoms in total. The van der Waals surface area contributed by atoms with Gasteiger partial charge in [0.1, 0.15) is 11.6 Å². The summed E-state index contributed by atoms with van der Waals surface area (Å²) in [6.45, 7) is 5.92. The lowest BCUT2D eigenvalue weighted by Crippen LogP contribution is -2.13. The maximum atomic E-state index is 12.1. The van der Waals surface area contributed by atoms with Crippen LogP contribution in [0, 0.1) is 20.8 Å². The highest BCUT2D eigenvalue weighted by Gasteiger charge is 2.10. The number of rotatable bonds is 5. The minimum absolute atomic E-state index is 0.154. The zero-order valence-corrected chi connectivity index (χ0v) is 15.3. The number of carbonyl (C=O) groups is 1. The van der Waals surface area contributed by atoms with E-state index in [0.29, 0.717) is 35.3 Å². The van der Waals surface area contributed by atoms with Crippen molar-refractivity contribution in [2.24, 2.45) is 0 Å². The molecule has 2 aromatic carbocycles. The molecule has 1 aromatic heterocycles. The summed E-state index contributed by atoms with van der Waals surface area (Å²) in [5.41, 5.74) is 3.66. The molecule has 26 heavy (non-hydrogen) atoms. The molecular weight excluding hydrogens is 328 g/mol. The largest absolute Gasteiger partial charge is 0.426 e. The van der Waals surface area contributed by atoms with E-state index in [9.17, 15) is 9.59 Å². The summed E-state index contributed by atoms with van der Waals surface area (Å²) in [6, 6.07) is 11.2. The van der Waals surface area contributed by atoms with Gasteiger partial charge in [-0.05, 0) is 62.1 Å². The van der Waals surface area contributed by atoms with Crippen molar-refractivity contribution in [3.8, 4) is 5.75 Å². The Morgan fingerprint density at radius 3 is 2.73 bits per heavy atom. The van der Waals surface area contributed by atoms with E-state index in [1.807, 2.05) is 45.0 Å². The van der Waals surface area contributed by atoms with Crippen molar-refractivity contribution in [2.75, 3.05) is 0 Å². The number of hydrogen-bond acceptors (Lipinski definition) is 4. The SMILES string of the molecule is Cc1cc(C)c(C)c(OC(=O)CCCc2nc3ccccc3c(=O)[nH]2)c1. The summed E-state index contributed by atoms with van der Waals surface area (Å²) < 4.78 is 5.51. The predicted molar refractivity (Wildman–Crippen MR) is 102 cm³/mol. The van der Waals surface area contributed by atoms with Crippen LogP contribution in [-0.2, 0) is 11.2 Å². The van der Waals surface area contributed by atoms with Gasteiger partial charge in [0.05, 0.1) is 10.9 Å². The Bertz CT molecular complexity index is 1020. The zero-order chi connectivity index (χ0) is 18.7. The number of H-pyrrole nitrogens is 1. The molecule has 0 bridgehead atoms. The second kappa shape index (κ2) is 7.52. The molecule has 3 rings (SSSR count). The fourth-order valence-electron chi connectivity index (χ4n) is 2.93. The van der Waals surface area contributed by atoms with Gasteiger partial charge in [-0.2, -0.15) is 0 Å². The van der Waals surface area contributed by atoms with Crippen molar-refractivity contribution < 1.29 is 9.53 Å². The Balaban J connectivity index is 1.62. The smallest absolute Gasteiger partial charge is 0.311 e. The van der Waals surface area contributed by atoms with E-state index in [-0.39, 0.29) is 17.9 Å². The lowest BCUT2D eigenvalue weighted by atomic mass is 10.1.